The number of rotatable bonds is 3. The number of hydrogen-bond donors (Lipinski definition) is 2. The van der Waals surface area contributed by atoms with Gasteiger partial charge >= 0.3 is 0 Å². The minimum Gasteiger partial charge on any atom is -0.496 e. The van der Waals surface area contributed by atoms with E-state index in [0.29, 0.717) is 6.54 Å². The highest BCUT2D eigenvalue weighted by molar-refractivity contribution is 5.88. The Morgan fingerprint density at radius 3 is 2.78 bits per heavy atom. The molecule has 1 saturated heterocycles. The van der Waals surface area contributed by atoms with Crippen LogP contribution in [0.4, 0.5) is 0 Å². The molecule has 0 spiro atoms. The Hall–Kier alpha value is -1.55. The van der Waals surface area contributed by atoms with Gasteiger partial charge in [0, 0.05) is 13.1 Å². The summed E-state index contributed by atoms with van der Waals surface area (Å²) < 4.78 is 5.32. The van der Waals surface area contributed by atoms with Gasteiger partial charge in [0.25, 0.3) is 0 Å². The van der Waals surface area contributed by atoms with Crippen LogP contribution in [-0.4, -0.2) is 26.1 Å². The molecule has 0 radical (unpaired) electrons. The number of amides is 1. The molecule has 0 saturated carbocycles. The molecule has 1 aliphatic rings. The summed E-state index contributed by atoms with van der Waals surface area (Å²) in [5, 5.41) is 6.20. The van der Waals surface area contributed by atoms with Crippen molar-refractivity contribution in [3.05, 3.63) is 29.3 Å². The fourth-order valence-electron chi connectivity index (χ4n) is 2.34. The predicted octanol–water partition coefficient (Wildman–Crippen LogP) is 1.19. The van der Waals surface area contributed by atoms with Gasteiger partial charge in [-0.2, -0.15) is 0 Å². The summed E-state index contributed by atoms with van der Waals surface area (Å²) in [7, 11) is 1.67. The van der Waals surface area contributed by atoms with Crippen molar-refractivity contribution in [3.63, 3.8) is 0 Å². The third-order valence-corrected chi connectivity index (χ3v) is 3.58. The maximum atomic E-state index is 12.1. The first-order valence-corrected chi connectivity index (χ1v) is 6.32. The molecule has 1 aromatic rings. The molecule has 0 aliphatic carbocycles. The fraction of sp³-hybridized carbons (Fsp3) is 0.500. The van der Waals surface area contributed by atoms with Crippen LogP contribution in [0.3, 0.4) is 0 Å². The highest BCUT2D eigenvalue weighted by Crippen LogP contribution is 2.28. The van der Waals surface area contributed by atoms with E-state index in [1.54, 1.807) is 7.11 Å². The van der Waals surface area contributed by atoms with E-state index in [4.69, 9.17) is 4.74 Å². The first-order valence-electron chi connectivity index (χ1n) is 6.32. The Bertz CT molecular complexity index is 459. The third-order valence-electron chi connectivity index (χ3n) is 3.58. The molecular weight excluding hydrogens is 228 g/mol. The fourth-order valence-corrected chi connectivity index (χ4v) is 2.34. The molecule has 2 rings (SSSR count). The molecule has 1 atom stereocenters. The normalized spacial score (nSPS) is 23.6. The van der Waals surface area contributed by atoms with E-state index in [9.17, 15) is 4.79 Å². The van der Waals surface area contributed by atoms with Gasteiger partial charge in [-0.3, -0.25) is 10.1 Å². The van der Waals surface area contributed by atoms with Gasteiger partial charge in [0.05, 0.1) is 7.11 Å². The van der Waals surface area contributed by atoms with Gasteiger partial charge in [-0.05, 0) is 36.6 Å². The van der Waals surface area contributed by atoms with Crippen LogP contribution in [0.1, 0.15) is 25.0 Å². The zero-order valence-corrected chi connectivity index (χ0v) is 11.2. The van der Waals surface area contributed by atoms with Crippen molar-refractivity contribution in [2.45, 2.75) is 25.8 Å². The van der Waals surface area contributed by atoms with Gasteiger partial charge in [-0.25, -0.2) is 0 Å². The molecule has 1 aliphatic heterocycles. The lowest BCUT2D eigenvalue weighted by Crippen LogP contribution is -2.59. The largest absolute Gasteiger partial charge is 0.496 e. The Labute approximate surface area is 108 Å². The number of ether oxygens (including phenoxy) is 1. The van der Waals surface area contributed by atoms with Crippen molar-refractivity contribution < 1.29 is 9.53 Å². The highest BCUT2D eigenvalue weighted by Gasteiger charge is 2.37. The lowest BCUT2D eigenvalue weighted by atomic mass is 9.88. The molecule has 2 N–H and O–H groups in total. The molecule has 98 valence electrons. The van der Waals surface area contributed by atoms with E-state index in [0.717, 1.165) is 29.8 Å². The number of carbonyl (C=O) groups excluding carboxylic acids is 1. The van der Waals surface area contributed by atoms with Crippen molar-refractivity contribution in [2.75, 3.05) is 20.2 Å². The molecule has 4 nitrogen and oxygen atoms in total. The standard InChI is InChI=1S/C14H20N2O2/c1-4-10-9-11(5-6-12(10)18-3)14(2)13(17)15-7-8-16-14/h5-6,9,16H,4,7-8H2,1-3H3,(H,15,17). The molecule has 1 amide bonds. The van der Waals surface area contributed by atoms with Crippen molar-refractivity contribution >= 4 is 5.91 Å². The van der Waals surface area contributed by atoms with Crippen molar-refractivity contribution in [3.8, 4) is 5.75 Å². The van der Waals surface area contributed by atoms with Gasteiger partial charge in [-0.15, -0.1) is 0 Å². The molecule has 4 heteroatoms. The van der Waals surface area contributed by atoms with Crippen LogP contribution in [0.15, 0.2) is 18.2 Å². The van der Waals surface area contributed by atoms with Crippen molar-refractivity contribution in [2.24, 2.45) is 0 Å². The molecular formula is C14H20N2O2. The summed E-state index contributed by atoms with van der Waals surface area (Å²) >= 11 is 0. The van der Waals surface area contributed by atoms with Gasteiger partial charge in [-0.1, -0.05) is 13.0 Å². The van der Waals surface area contributed by atoms with E-state index < -0.39 is 5.54 Å². The van der Waals surface area contributed by atoms with Gasteiger partial charge in [0.1, 0.15) is 11.3 Å². The zero-order valence-electron chi connectivity index (χ0n) is 11.2. The summed E-state index contributed by atoms with van der Waals surface area (Å²) in [6.45, 7) is 5.47. The van der Waals surface area contributed by atoms with E-state index >= 15 is 0 Å². The van der Waals surface area contributed by atoms with Gasteiger partial charge in [0.15, 0.2) is 0 Å². The number of methoxy groups -OCH3 is 1. The highest BCUT2D eigenvalue weighted by atomic mass is 16.5. The number of carbonyl (C=O) groups is 1. The molecule has 0 aromatic heterocycles. The minimum absolute atomic E-state index is 0.0287. The van der Waals surface area contributed by atoms with Gasteiger partial charge < -0.3 is 10.1 Å². The third kappa shape index (κ3) is 2.08. The Balaban J connectivity index is 2.41. The summed E-state index contributed by atoms with van der Waals surface area (Å²) in [6, 6.07) is 5.94. The lowest BCUT2D eigenvalue weighted by Gasteiger charge is -2.34. The maximum absolute atomic E-state index is 12.1. The Morgan fingerprint density at radius 2 is 2.17 bits per heavy atom. The quantitative estimate of drug-likeness (QED) is 0.845. The molecule has 1 aromatic carbocycles. The Morgan fingerprint density at radius 1 is 1.39 bits per heavy atom. The SMILES string of the molecule is CCc1cc(C2(C)NCCNC2=O)ccc1OC. The second-order valence-electron chi connectivity index (χ2n) is 4.69. The van der Waals surface area contributed by atoms with Crippen LogP contribution in [0, 0.1) is 0 Å². The van der Waals surface area contributed by atoms with E-state index in [-0.39, 0.29) is 5.91 Å². The molecule has 1 heterocycles. The van der Waals surface area contributed by atoms with Crippen LogP contribution in [0.25, 0.3) is 0 Å². The second kappa shape index (κ2) is 4.98. The monoisotopic (exact) mass is 248 g/mol. The Kier molecular flexibility index (Phi) is 3.57. The van der Waals surface area contributed by atoms with Crippen LogP contribution < -0.4 is 15.4 Å². The molecule has 0 bridgehead atoms. The van der Waals surface area contributed by atoms with Crippen LogP contribution in [0.2, 0.25) is 0 Å². The molecule has 18 heavy (non-hydrogen) atoms. The first kappa shape index (κ1) is 12.9. The smallest absolute Gasteiger partial charge is 0.244 e. The van der Waals surface area contributed by atoms with E-state index in [1.807, 2.05) is 19.1 Å². The minimum atomic E-state index is -0.644. The number of nitrogens with one attached hydrogen (secondary N) is 2. The van der Waals surface area contributed by atoms with E-state index in [2.05, 4.69) is 23.6 Å². The summed E-state index contributed by atoms with van der Waals surface area (Å²) in [5.41, 5.74) is 1.46. The lowest BCUT2D eigenvalue weighted by molar-refractivity contribution is -0.128. The second-order valence-corrected chi connectivity index (χ2v) is 4.69. The first-order chi connectivity index (χ1) is 8.61. The summed E-state index contributed by atoms with van der Waals surface area (Å²) in [4.78, 5) is 12.1. The number of benzene rings is 1. The van der Waals surface area contributed by atoms with E-state index in [1.165, 1.54) is 0 Å². The topological polar surface area (TPSA) is 50.4 Å². The average molecular weight is 248 g/mol. The van der Waals surface area contributed by atoms with Crippen LogP contribution in [0.5, 0.6) is 5.75 Å². The zero-order chi connectivity index (χ0) is 13.2. The maximum Gasteiger partial charge on any atom is 0.244 e. The van der Waals surface area contributed by atoms with Crippen molar-refractivity contribution in [1.82, 2.24) is 10.6 Å². The molecule has 1 unspecified atom stereocenters. The summed E-state index contributed by atoms with van der Waals surface area (Å²) in [5.74, 6) is 0.905. The molecule has 1 fully saturated rings. The van der Waals surface area contributed by atoms with Crippen molar-refractivity contribution in [1.29, 1.82) is 0 Å². The van der Waals surface area contributed by atoms with Crippen LogP contribution in [-0.2, 0) is 16.8 Å². The number of piperazine rings is 1. The number of hydrogen-bond acceptors (Lipinski definition) is 3. The predicted molar refractivity (Wildman–Crippen MR) is 70.7 cm³/mol. The van der Waals surface area contributed by atoms with Gasteiger partial charge in [0.2, 0.25) is 5.91 Å². The number of aryl methyl sites for hydroxylation is 1. The van der Waals surface area contributed by atoms with Crippen LogP contribution >= 0.6 is 0 Å². The summed E-state index contributed by atoms with van der Waals surface area (Å²) in [6.07, 6.45) is 0.884. The average Bonchev–Trinajstić information content (AvgIpc) is 2.41.